The first-order chi connectivity index (χ1) is 7.11. The highest BCUT2D eigenvalue weighted by Crippen LogP contribution is 2.22. The fourth-order valence-electron chi connectivity index (χ4n) is 1.17. The molecule has 1 heterocycles. The second-order valence-corrected chi connectivity index (χ2v) is 5.94. The monoisotopic (exact) mass is 242 g/mol. The molecule has 15 heavy (non-hydrogen) atoms. The summed E-state index contributed by atoms with van der Waals surface area (Å²) in [4.78, 5) is 4.12. The van der Waals surface area contributed by atoms with E-state index in [1.807, 2.05) is 0 Å². The second kappa shape index (κ2) is 3.79. The SMILES string of the molecule is CCS(=O)(=O)Nc1ccc2ncsc2c1. The molecule has 6 heteroatoms. The minimum atomic E-state index is -3.19. The molecule has 0 amide bonds. The first-order valence-electron chi connectivity index (χ1n) is 4.44. The van der Waals surface area contributed by atoms with E-state index in [0.717, 1.165) is 10.2 Å². The molecule has 1 aromatic heterocycles. The highest BCUT2D eigenvalue weighted by molar-refractivity contribution is 7.92. The molecule has 2 aromatic rings. The van der Waals surface area contributed by atoms with Crippen LogP contribution in [0.4, 0.5) is 5.69 Å². The molecule has 0 saturated heterocycles. The number of sulfonamides is 1. The summed E-state index contributed by atoms with van der Waals surface area (Å²) < 4.78 is 26.1. The average Bonchev–Trinajstić information content (AvgIpc) is 2.64. The molecule has 0 aliphatic carbocycles. The van der Waals surface area contributed by atoms with E-state index in [2.05, 4.69) is 9.71 Å². The van der Waals surface area contributed by atoms with E-state index in [9.17, 15) is 8.42 Å². The summed E-state index contributed by atoms with van der Waals surface area (Å²) in [7, 11) is -3.19. The Balaban J connectivity index is 2.37. The highest BCUT2D eigenvalue weighted by Gasteiger charge is 2.07. The molecule has 0 unspecified atom stereocenters. The number of anilines is 1. The fraction of sp³-hybridized carbons (Fsp3) is 0.222. The first-order valence-corrected chi connectivity index (χ1v) is 6.97. The van der Waals surface area contributed by atoms with E-state index in [4.69, 9.17) is 0 Å². The topological polar surface area (TPSA) is 59.1 Å². The van der Waals surface area contributed by atoms with Crippen LogP contribution >= 0.6 is 11.3 Å². The van der Waals surface area contributed by atoms with E-state index < -0.39 is 10.0 Å². The molecule has 4 nitrogen and oxygen atoms in total. The summed E-state index contributed by atoms with van der Waals surface area (Å²) in [5.74, 6) is 0.0771. The number of rotatable bonds is 3. The van der Waals surface area contributed by atoms with E-state index in [1.165, 1.54) is 11.3 Å². The van der Waals surface area contributed by atoms with E-state index in [0.29, 0.717) is 5.69 Å². The fourth-order valence-corrected chi connectivity index (χ4v) is 2.52. The first kappa shape index (κ1) is 10.4. The minimum absolute atomic E-state index is 0.0771. The maximum Gasteiger partial charge on any atom is 0.232 e. The van der Waals surface area contributed by atoms with E-state index in [-0.39, 0.29) is 5.75 Å². The van der Waals surface area contributed by atoms with Crippen LogP contribution in [0.5, 0.6) is 0 Å². The molecule has 0 fully saturated rings. The predicted molar refractivity (Wildman–Crippen MR) is 62.7 cm³/mol. The van der Waals surface area contributed by atoms with Gasteiger partial charge in [0.25, 0.3) is 0 Å². The van der Waals surface area contributed by atoms with Gasteiger partial charge in [-0.3, -0.25) is 4.72 Å². The lowest BCUT2D eigenvalue weighted by atomic mass is 10.3. The minimum Gasteiger partial charge on any atom is -0.284 e. The lowest BCUT2D eigenvalue weighted by Crippen LogP contribution is -2.14. The highest BCUT2D eigenvalue weighted by atomic mass is 32.2. The maximum atomic E-state index is 11.3. The van der Waals surface area contributed by atoms with Crippen molar-refractivity contribution in [3.63, 3.8) is 0 Å². The zero-order chi connectivity index (χ0) is 10.9. The zero-order valence-electron chi connectivity index (χ0n) is 8.10. The largest absolute Gasteiger partial charge is 0.284 e. The lowest BCUT2D eigenvalue weighted by Gasteiger charge is -2.04. The Morgan fingerprint density at radius 3 is 3.00 bits per heavy atom. The summed E-state index contributed by atoms with van der Waals surface area (Å²) in [6.07, 6.45) is 0. The molecule has 0 aliphatic heterocycles. The third-order valence-electron chi connectivity index (χ3n) is 1.98. The number of benzene rings is 1. The number of nitrogens with zero attached hydrogens (tertiary/aromatic N) is 1. The Labute approximate surface area is 92.0 Å². The summed E-state index contributed by atoms with van der Waals surface area (Å²) in [6, 6.07) is 5.31. The van der Waals surface area contributed by atoms with Gasteiger partial charge in [-0.15, -0.1) is 11.3 Å². The van der Waals surface area contributed by atoms with Gasteiger partial charge in [0, 0.05) is 0 Å². The van der Waals surface area contributed by atoms with Crippen LogP contribution in [0.2, 0.25) is 0 Å². The van der Waals surface area contributed by atoms with Gasteiger partial charge in [0.15, 0.2) is 0 Å². The number of aromatic nitrogens is 1. The number of thiazole rings is 1. The van der Waals surface area contributed by atoms with Crippen molar-refractivity contribution in [1.29, 1.82) is 0 Å². The van der Waals surface area contributed by atoms with Crippen LogP contribution in [-0.2, 0) is 10.0 Å². The normalized spacial score (nSPS) is 11.8. The van der Waals surface area contributed by atoms with E-state index >= 15 is 0 Å². The van der Waals surface area contributed by atoms with Crippen molar-refractivity contribution in [3.05, 3.63) is 23.7 Å². The number of hydrogen-bond acceptors (Lipinski definition) is 4. The standard InChI is InChI=1S/C9H10N2O2S2/c1-2-15(12,13)11-7-3-4-8-9(5-7)14-6-10-8/h3-6,11H,2H2,1H3. The molecule has 80 valence electrons. The maximum absolute atomic E-state index is 11.3. The Morgan fingerprint density at radius 1 is 1.47 bits per heavy atom. The molecule has 0 spiro atoms. The van der Waals surface area contributed by atoms with Crippen molar-refractivity contribution in [2.24, 2.45) is 0 Å². The Bertz CT molecular complexity index is 575. The van der Waals surface area contributed by atoms with Crippen LogP contribution < -0.4 is 4.72 Å². The molecular formula is C9H10N2O2S2. The van der Waals surface area contributed by atoms with Crippen molar-refractivity contribution in [2.75, 3.05) is 10.5 Å². The summed E-state index contributed by atoms with van der Waals surface area (Å²) >= 11 is 1.49. The number of hydrogen-bond donors (Lipinski definition) is 1. The van der Waals surface area contributed by atoms with Gasteiger partial charge in [0.1, 0.15) is 0 Å². The predicted octanol–water partition coefficient (Wildman–Crippen LogP) is 2.06. The lowest BCUT2D eigenvalue weighted by molar-refractivity contribution is 0.602. The Morgan fingerprint density at radius 2 is 2.27 bits per heavy atom. The van der Waals surface area contributed by atoms with Gasteiger partial charge in [0.2, 0.25) is 10.0 Å². The van der Waals surface area contributed by atoms with Gasteiger partial charge >= 0.3 is 0 Å². The van der Waals surface area contributed by atoms with Crippen molar-refractivity contribution in [3.8, 4) is 0 Å². The molecule has 0 radical (unpaired) electrons. The van der Waals surface area contributed by atoms with Crippen molar-refractivity contribution >= 4 is 37.3 Å². The van der Waals surface area contributed by atoms with Crippen LogP contribution in [0.25, 0.3) is 10.2 Å². The van der Waals surface area contributed by atoms with Crippen LogP contribution in [0.1, 0.15) is 6.92 Å². The molecule has 0 bridgehead atoms. The smallest absolute Gasteiger partial charge is 0.232 e. The molecule has 2 rings (SSSR count). The van der Waals surface area contributed by atoms with Crippen molar-refractivity contribution in [2.45, 2.75) is 6.92 Å². The third kappa shape index (κ3) is 2.27. The molecule has 1 aromatic carbocycles. The molecule has 1 N–H and O–H groups in total. The second-order valence-electron chi connectivity index (χ2n) is 3.04. The third-order valence-corrected chi connectivity index (χ3v) is 4.08. The van der Waals surface area contributed by atoms with Crippen LogP contribution in [0, 0.1) is 0 Å². The van der Waals surface area contributed by atoms with Crippen LogP contribution in [0.15, 0.2) is 23.7 Å². The van der Waals surface area contributed by atoms with Gasteiger partial charge < -0.3 is 0 Å². The molecule has 0 atom stereocenters. The molecule has 0 aliphatic rings. The van der Waals surface area contributed by atoms with Crippen molar-refractivity contribution in [1.82, 2.24) is 4.98 Å². The summed E-state index contributed by atoms with van der Waals surface area (Å²) in [5, 5.41) is 0. The van der Waals surface area contributed by atoms with E-state index in [1.54, 1.807) is 30.6 Å². The van der Waals surface area contributed by atoms with Gasteiger partial charge in [-0.1, -0.05) is 0 Å². The summed E-state index contributed by atoms with van der Waals surface area (Å²) in [6.45, 7) is 1.60. The summed E-state index contributed by atoms with van der Waals surface area (Å²) in [5.41, 5.74) is 3.22. The molecular weight excluding hydrogens is 232 g/mol. The van der Waals surface area contributed by atoms with Crippen molar-refractivity contribution < 1.29 is 8.42 Å². The van der Waals surface area contributed by atoms with Crippen LogP contribution in [-0.4, -0.2) is 19.2 Å². The number of nitrogens with one attached hydrogen (secondary N) is 1. The Kier molecular flexibility index (Phi) is 2.62. The van der Waals surface area contributed by atoms with Gasteiger partial charge in [0.05, 0.1) is 27.2 Å². The van der Waals surface area contributed by atoms with Gasteiger partial charge in [-0.25, -0.2) is 13.4 Å². The molecule has 0 saturated carbocycles. The van der Waals surface area contributed by atoms with Gasteiger partial charge in [-0.2, -0.15) is 0 Å². The van der Waals surface area contributed by atoms with Gasteiger partial charge in [-0.05, 0) is 25.1 Å². The quantitative estimate of drug-likeness (QED) is 0.896. The zero-order valence-corrected chi connectivity index (χ0v) is 9.73. The average molecular weight is 242 g/mol. The Hall–Kier alpha value is -1.14. The van der Waals surface area contributed by atoms with Crippen LogP contribution in [0.3, 0.4) is 0 Å². The number of fused-ring (bicyclic) bond motifs is 1.